The van der Waals surface area contributed by atoms with E-state index in [4.69, 9.17) is 5.11 Å². The lowest BCUT2D eigenvalue weighted by atomic mass is 10.2. The quantitative estimate of drug-likeness (QED) is 0.617. The predicted molar refractivity (Wildman–Crippen MR) is 73.6 cm³/mol. The molecular formula is C13H13N3O5. The highest BCUT2D eigenvalue weighted by Crippen LogP contribution is 2.14. The second-order valence-electron chi connectivity index (χ2n) is 4.48. The van der Waals surface area contributed by atoms with E-state index in [1.54, 1.807) is 0 Å². The van der Waals surface area contributed by atoms with Crippen molar-refractivity contribution < 1.29 is 14.8 Å². The third-order valence-electron chi connectivity index (χ3n) is 2.93. The number of benzene rings is 1. The van der Waals surface area contributed by atoms with Crippen molar-refractivity contribution in [2.45, 2.75) is 19.3 Å². The van der Waals surface area contributed by atoms with Crippen molar-refractivity contribution in [1.29, 1.82) is 0 Å². The molecule has 1 aromatic heterocycles. The molecule has 1 heterocycles. The highest BCUT2D eigenvalue weighted by Gasteiger charge is 2.09. The molecule has 0 aliphatic carbocycles. The minimum atomic E-state index is -0.882. The number of non-ortho nitro benzene ring substituents is 1. The Kier molecular flexibility index (Phi) is 4.17. The van der Waals surface area contributed by atoms with E-state index in [0.29, 0.717) is 24.2 Å². The van der Waals surface area contributed by atoms with Crippen LogP contribution in [0, 0.1) is 10.1 Å². The molecule has 21 heavy (non-hydrogen) atoms. The van der Waals surface area contributed by atoms with Gasteiger partial charge >= 0.3 is 5.97 Å². The number of H-pyrrole nitrogens is 1. The van der Waals surface area contributed by atoms with E-state index in [0.717, 1.165) is 0 Å². The maximum absolute atomic E-state index is 11.8. The van der Waals surface area contributed by atoms with E-state index < -0.39 is 10.9 Å². The lowest BCUT2D eigenvalue weighted by molar-refractivity contribution is -0.384. The third-order valence-corrected chi connectivity index (χ3v) is 2.93. The first-order valence-corrected chi connectivity index (χ1v) is 6.25. The van der Waals surface area contributed by atoms with E-state index >= 15 is 0 Å². The van der Waals surface area contributed by atoms with Gasteiger partial charge in [0.2, 0.25) is 0 Å². The summed E-state index contributed by atoms with van der Waals surface area (Å²) >= 11 is 0. The Bertz CT molecular complexity index is 714. The number of aromatic amines is 1. The van der Waals surface area contributed by atoms with Crippen molar-refractivity contribution in [2.24, 2.45) is 0 Å². The number of nitrogens with zero attached hydrogens (tertiary/aromatic N) is 2. The van der Waals surface area contributed by atoms with Crippen molar-refractivity contribution in [2.75, 3.05) is 0 Å². The number of nitro benzene ring substituents is 1. The fraction of sp³-hybridized carbons (Fsp3) is 0.231. The first-order chi connectivity index (χ1) is 9.97. The molecule has 0 atom stereocenters. The van der Waals surface area contributed by atoms with Gasteiger partial charge in [-0.15, -0.1) is 0 Å². The molecule has 0 fully saturated rings. The molecule has 0 radical (unpaired) electrons. The van der Waals surface area contributed by atoms with Gasteiger partial charge in [-0.05, 0) is 25.0 Å². The summed E-state index contributed by atoms with van der Waals surface area (Å²) in [5, 5.41) is 22.0. The molecule has 2 aromatic rings. The van der Waals surface area contributed by atoms with Gasteiger partial charge < -0.3 is 5.11 Å². The molecular weight excluding hydrogens is 278 g/mol. The summed E-state index contributed by atoms with van der Waals surface area (Å²) in [7, 11) is 0. The molecule has 2 rings (SSSR count). The van der Waals surface area contributed by atoms with E-state index in [1.807, 2.05) is 0 Å². The molecule has 0 aliphatic rings. The van der Waals surface area contributed by atoms with E-state index in [-0.39, 0.29) is 17.7 Å². The Hall–Kier alpha value is -2.90. The van der Waals surface area contributed by atoms with Gasteiger partial charge in [-0.2, -0.15) is 0 Å². The number of rotatable bonds is 6. The van der Waals surface area contributed by atoms with Crippen molar-refractivity contribution in [3.05, 3.63) is 56.5 Å². The lowest BCUT2D eigenvalue weighted by Crippen LogP contribution is -2.13. The molecule has 2 N–H and O–H groups in total. The Labute approximate surface area is 118 Å². The van der Waals surface area contributed by atoms with Gasteiger partial charge in [0.15, 0.2) is 0 Å². The zero-order valence-corrected chi connectivity index (χ0v) is 11.0. The SMILES string of the molecule is O=C(O)CCCc1cc(=O)n(-c2ccc([N+](=O)[O-])cc2)[nH]1. The molecule has 0 aliphatic heterocycles. The normalized spacial score (nSPS) is 10.5. The molecule has 8 heteroatoms. The zero-order valence-electron chi connectivity index (χ0n) is 11.0. The maximum atomic E-state index is 11.8. The highest BCUT2D eigenvalue weighted by atomic mass is 16.6. The number of aryl methyl sites for hydroxylation is 1. The van der Waals surface area contributed by atoms with Crippen LogP contribution in [-0.4, -0.2) is 25.8 Å². The molecule has 0 saturated heterocycles. The predicted octanol–water partition coefficient (Wildman–Crippen LogP) is 1.48. The van der Waals surface area contributed by atoms with Gasteiger partial charge in [0, 0.05) is 30.3 Å². The van der Waals surface area contributed by atoms with Gasteiger partial charge in [0.1, 0.15) is 0 Å². The van der Waals surface area contributed by atoms with Crippen LogP contribution in [0.3, 0.4) is 0 Å². The van der Waals surface area contributed by atoms with Gasteiger partial charge in [-0.25, -0.2) is 4.68 Å². The van der Waals surface area contributed by atoms with Crippen molar-refractivity contribution in [1.82, 2.24) is 9.78 Å². The van der Waals surface area contributed by atoms with Crippen LogP contribution in [0.25, 0.3) is 5.69 Å². The topological polar surface area (TPSA) is 118 Å². The first-order valence-electron chi connectivity index (χ1n) is 6.25. The van der Waals surface area contributed by atoms with Crippen LogP contribution in [0.1, 0.15) is 18.5 Å². The lowest BCUT2D eigenvalue weighted by Gasteiger charge is -2.01. The van der Waals surface area contributed by atoms with E-state index in [1.165, 1.54) is 35.0 Å². The number of aromatic nitrogens is 2. The summed E-state index contributed by atoms with van der Waals surface area (Å²) in [5.74, 6) is -0.882. The van der Waals surface area contributed by atoms with Gasteiger partial charge in [-0.1, -0.05) is 0 Å². The molecule has 1 aromatic carbocycles. The molecule has 0 saturated carbocycles. The van der Waals surface area contributed by atoms with Crippen LogP contribution in [0.5, 0.6) is 0 Å². The Morgan fingerprint density at radius 1 is 1.33 bits per heavy atom. The standard InChI is InChI=1S/C13H13N3O5/c17-12-8-9(2-1-3-13(18)19)14-15(12)10-4-6-11(7-5-10)16(20)21/h4-8,14H,1-3H2,(H,18,19). The summed E-state index contributed by atoms with van der Waals surface area (Å²) in [5.41, 5.74) is 0.754. The molecule has 0 unspecified atom stereocenters. The number of hydrogen-bond donors (Lipinski definition) is 2. The largest absolute Gasteiger partial charge is 0.481 e. The maximum Gasteiger partial charge on any atom is 0.303 e. The summed E-state index contributed by atoms with van der Waals surface area (Å²) in [6, 6.07) is 6.96. The van der Waals surface area contributed by atoms with Gasteiger partial charge in [-0.3, -0.25) is 24.8 Å². The van der Waals surface area contributed by atoms with Crippen LogP contribution < -0.4 is 5.56 Å². The fourth-order valence-corrected chi connectivity index (χ4v) is 1.92. The highest BCUT2D eigenvalue weighted by molar-refractivity contribution is 5.66. The fourth-order valence-electron chi connectivity index (χ4n) is 1.92. The molecule has 0 bridgehead atoms. The van der Waals surface area contributed by atoms with Crippen LogP contribution in [-0.2, 0) is 11.2 Å². The Morgan fingerprint density at radius 2 is 2.00 bits per heavy atom. The van der Waals surface area contributed by atoms with Gasteiger partial charge in [0.25, 0.3) is 11.2 Å². The number of hydrogen-bond acceptors (Lipinski definition) is 4. The minimum absolute atomic E-state index is 0.0325. The first kappa shape index (κ1) is 14.5. The van der Waals surface area contributed by atoms with Crippen LogP contribution in [0.4, 0.5) is 5.69 Å². The Morgan fingerprint density at radius 3 is 2.57 bits per heavy atom. The minimum Gasteiger partial charge on any atom is -0.481 e. The molecule has 0 spiro atoms. The molecule has 0 amide bonds. The summed E-state index contributed by atoms with van der Waals surface area (Å²) in [6.07, 6.45) is 0.905. The number of nitrogens with one attached hydrogen (secondary N) is 1. The third kappa shape index (κ3) is 3.56. The summed E-state index contributed by atoms with van der Waals surface area (Å²) < 4.78 is 1.26. The average molecular weight is 291 g/mol. The van der Waals surface area contributed by atoms with Crippen LogP contribution in [0.2, 0.25) is 0 Å². The second kappa shape index (κ2) is 6.04. The number of carboxylic acids is 1. The monoisotopic (exact) mass is 291 g/mol. The number of carboxylic acid groups (broad SMARTS) is 1. The van der Waals surface area contributed by atoms with Crippen LogP contribution in [0.15, 0.2) is 35.1 Å². The Balaban J connectivity index is 2.16. The second-order valence-corrected chi connectivity index (χ2v) is 4.48. The summed E-state index contributed by atoms with van der Waals surface area (Å²) in [4.78, 5) is 32.3. The van der Waals surface area contributed by atoms with Crippen molar-refractivity contribution >= 4 is 11.7 Å². The summed E-state index contributed by atoms with van der Waals surface area (Å²) in [6.45, 7) is 0. The smallest absolute Gasteiger partial charge is 0.303 e. The average Bonchev–Trinajstić information content (AvgIpc) is 2.79. The van der Waals surface area contributed by atoms with Crippen molar-refractivity contribution in [3.63, 3.8) is 0 Å². The van der Waals surface area contributed by atoms with E-state index in [9.17, 15) is 19.7 Å². The number of aliphatic carboxylic acids is 1. The van der Waals surface area contributed by atoms with Crippen LogP contribution >= 0.6 is 0 Å². The van der Waals surface area contributed by atoms with E-state index in [2.05, 4.69) is 5.10 Å². The number of nitro groups is 1. The van der Waals surface area contributed by atoms with Gasteiger partial charge in [0.05, 0.1) is 10.6 Å². The molecule has 110 valence electrons. The van der Waals surface area contributed by atoms with Crippen molar-refractivity contribution in [3.8, 4) is 5.69 Å². The molecule has 8 nitrogen and oxygen atoms in total. The number of carbonyl (C=O) groups is 1. The zero-order chi connectivity index (χ0) is 15.4.